The number of aryl methyl sites for hydroxylation is 1. The van der Waals surface area contributed by atoms with Crippen LogP contribution in [0, 0.1) is 6.92 Å². The van der Waals surface area contributed by atoms with Gasteiger partial charge in [0.25, 0.3) is 0 Å². The first kappa shape index (κ1) is 17.0. The Morgan fingerprint density at radius 2 is 1.73 bits per heavy atom. The van der Waals surface area contributed by atoms with Crippen molar-refractivity contribution in [3.05, 3.63) is 64.7 Å². The van der Waals surface area contributed by atoms with E-state index in [4.69, 9.17) is 11.6 Å². The average molecular weight is 338 g/mol. The molecule has 118 valence electrons. The first-order valence-electron chi connectivity index (χ1n) is 7.03. The van der Waals surface area contributed by atoms with Crippen LogP contribution < -0.4 is 4.72 Å². The molecule has 0 atom stereocenters. The highest BCUT2D eigenvalue weighted by Gasteiger charge is 2.24. The summed E-state index contributed by atoms with van der Waals surface area (Å²) >= 11 is 6.01. The first-order valence-corrected chi connectivity index (χ1v) is 8.89. The van der Waals surface area contributed by atoms with Crippen molar-refractivity contribution in [3.63, 3.8) is 0 Å². The topological polar surface area (TPSA) is 46.2 Å². The van der Waals surface area contributed by atoms with E-state index in [-0.39, 0.29) is 10.3 Å². The van der Waals surface area contributed by atoms with E-state index in [2.05, 4.69) is 4.72 Å². The molecule has 0 radical (unpaired) electrons. The molecule has 0 aliphatic heterocycles. The SMILES string of the molecule is Cc1ccc(S(=O)(=O)NCC(C)(C)c2cccc(Cl)c2)cc1. The zero-order valence-electron chi connectivity index (χ0n) is 12.9. The van der Waals surface area contributed by atoms with E-state index < -0.39 is 10.0 Å². The molecule has 0 aliphatic carbocycles. The molecule has 0 spiro atoms. The summed E-state index contributed by atoms with van der Waals surface area (Å²) in [6.45, 7) is 6.18. The predicted molar refractivity (Wildman–Crippen MR) is 90.8 cm³/mol. The van der Waals surface area contributed by atoms with Crippen LogP contribution in [-0.4, -0.2) is 15.0 Å². The molecule has 22 heavy (non-hydrogen) atoms. The largest absolute Gasteiger partial charge is 0.240 e. The summed E-state index contributed by atoms with van der Waals surface area (Å²) in [4.78, 5) is 0.278. The second-order valence-corrected chi connectivity index (χ2v) is 8.24. The van der Waals surface area contributed by atoms with E-state index >= 15 is 0 Å². The lowest BCUT2D eigenvalue weighted by molar-refractivity contribution is 0.501. The van der Waals surface area contributed by atoms with Crippen molar-refractivity contribution >= 4 is 21.6 Å². The molecule has 0 aliphatic rings. The fraction of sp³-hybridized carbons (Fsp3) is 0.294. The molecule has 1 N–H and O–H groups in total. The molecular weight excluding hydrogens is 318 g/mol. The third-order valence-electron chi connectivity index (χ3n) is 3.64. The number of nitrogens with one attached hydrogen (secondary N) is 1. The van der Waals surface area contributed by atoms with Crippen molar-refractivity contribution in [1.82, 2.24) is 4.72 Å². The fourth-order valence-corrected chi connectivity index (χ4v) is 3.49. The molecule has 0 aromatic heterocycles. The van der Waals surface area contributed by atoms with Gasteiger partial charge in [-0.1, -0.05) is 55.3 Å². The van der Waals surface area contributed by atoms with Crippen molar-refractivity contribution in [2.45, 2.75) is 31.1 Å². The highest BCUT2D eigenvalue weighted by atomic mass is 35.5. The van der Waals surface area contributed by atoms with E-state index in [9.17, 15) is 8.42 Å². The van der Waals surface area contributed by atoms with Crippen molar-refractivity contribution in [3.8, 4) is 0 Å². The Bertz CT molecular complexity index is 752. The average Bonchev–Trinajstić information content (AvgIpc) is 2.46. The summed E-state index contributed by atoms with van der Waals surface area (Å²) in [5.74, 6) is 0. The van der Waals surface area contributed by atoms with Gasteiger partial charge in [-0.3, -0.25) is 0 Å². The number of benzene rings is 2. The number of sulfonamides is 1. The van der Waals surface area contributed by atoms with Crippen LogP contribution >= 0.6 is 11.6 Å². The van der Waals surface area contributed by atoms with Crippen LogP contribution in [0.1, 0.15) is 25.0 Å². The quantitative estimate of drug-likeness (QED) is 0.899. The van der Waals surface area contributed by atoms with E-state index in [1.807, 2.05) is 39.0 Å². The number of halogens is 1. The van der Waals surface area contributed by atoms with Gasteiger partial charge in [0.2, 0.25) is 10.0 Å². The molecule has 0 heterocycles. The summed E-state index contributed by atoms with van der Waals surface area (Å²) in [5.41, 5.74) is 1.66. The lowest BCUT2D eigenvalue weighted by Crippen LogP contribution is -2.36. The molecule has 0 saturated carbocycles. The smallest absolute Gasteiger partial charge is 0.210 e. The van der Waals surface area contributed by atoms with Crippen LogP contribution in [0.15, 0.2) is 53.4 Å². The molecule has 0 bridgehead atoms. The third kappa shape index (κ3) is 4.09. The molecule has 2 rings (SSSR count). The minimum Gasteiger partial charge on any atom is -0.210 e. The van der Waals surface area contributed by atoms with Crippen molar-refractivity contribution in [2.75, 3.05) is 6.54 Å². The number of hydrogen-bond donors (Lipinski definition) is 1. The molecule has 0 saturated heterocycles. The van der Waals surface area contributed by atoms with Gasteiger partial charge < -0.3 is 0 Å². The lowest BCUT2D eigenvalue weighted by atomic mass is 9.85. The van der Waals surface area contributed by atoms with E-state index in [0.717, 1.165) is 11.1 Å². The zero-order valence-corrected chi connectivity index (χ0v) is 14.5. The Kier molecular flexibility index (Phi) is 4.95. The monoisotopic (exact) mass is 337 g/mol. The molecule has 2 aromatic carbocycles. The fourth-order valence-electron chi connectivity index (χ4n) is 2.09. The zero-order chi connectivity index (χ0) is 16.4. The first-order chi connectivity index (χ1) is 10.2. The maximum atomic E-state index is 12.4. The van der Waals surface area contributed by atoms with Crippen LogP contribution in [0.5, 0.6) is 0 Å². The summed E-state index contributed by atoms with van der Waals surface area (Å²) in [7, 11) is -3.51. The van der Waals surface area contributed by atoms with Crippen molar-refractivity contribution in [1.29, 1.82) is 0 Å². The van der Waals surface area contributed by atoms with Crippen molar-refractivity contribution in [2.24, 2.45) is 0 Å². The summed E-state index contributed by atoms with van der Waals surface area (Å²) in [5, 5.41) is 0.645. The Hall–Kier alpha value is -1.36. The second kappa shape index (κ2) is 6.41. The van der Waals surface area contributed by atoms with Crippen LogP contribution in [-0.2, 0) is 15.4 Å². The minimum atomic E-state index is -3.51. The van der Waals surface area contributed by atoms with Crippen molar-refractivity contribution < 1.29 is 8.42 Å². The summed E-state index contributed by atoms with van der Waals surface area (Å²) in [6, 6.07) is 14.3. The van der Waals surface area contributed by atoms with Gasteiger partial charge in [0.1, 0.15) is 0 Å². The van der Waals surface area contributed by atoms with Gasteiger partial charge in [0.05, 0.1) is 4.90 Å². The molecule has 2 aromatic rings. The van der Waals surface area contributed by atoms with Gasteiger partial charge >= 0.3 is 0 Å². The molecule has 5 heteroatoms. The Balaban J connectivity index is 2.15. The summed E-state index contributed by atoms with van der Waals surface area (Å²) in [6.07, 6.45) is 0. The summed E-state index contributed by atoms with van der Waals surface area (Å²) < 4.78 is 27.4. The Morgan fingerprint density at radius 3 is 2.32 bits per heavy atom. The highest BCUT2D eigenvalue weighted by molar-refractivity contribution is 7.89. The van der Waals surface area contributed by atoms with Crippen LogP contribution in [0.2, 0.25) is 5.02 Å². The van der Waals surface area contributed by atoms with Gasteiger partial charge in [-0.2, -0.15) is 0 Å². The number of rotatable bonds is 5. The van der Waals surface area contributed by atoms with Crippen LogP contribution in [0.25, 0.3) is 0 Å². The van der Waals surface area contributed by atoms with Gasteiger partial charge in [0.15, 0.2) is 0 Å². The van der Waals surface area contributed by atoms with E-state index in [1.165, 1.54) is 0 Å². The van der Waals surface area contributed by atoms with Gasteiger partial charge in [-0.25, -0.2) is 13.1 Å². The lowest BCUT2D eigenvalue weighted by Gasteiger charge is -2.25. The second-order valence-electron chi connectivity index (χ2n) is 6.03. The van der Waals surface area contributed by atoms with E-state index in [1.54, 1.807) is 30.3 Å². The van der Waals surface area contributed by atoms with E-state index in [0.29, 0.717) is 11.6 Å². The van der Waals surface area contributed by atoms with Crippen LogP contribution in [0.4, 0.5) is 0 Å². The molecule has 0 amide bonds. The number of hydrogen-bond acceptors (Lipinski definition) is 2. The standard InChI is InChI=1S/C17H20ClNO2S/c1-13-7-9-16(10-8-13)22(20,21)19-12-17(2,3)14-5-4-6-15(18)11-14/h4-11,19H,12H2,1-3H3. The highest BCUT2D eigenvalue weighted by Crippen LogP contribution is 2.25. The van der Waals surface area contributed by atoms with Gasteiger partial charge in [-0.05, 0) is 36.8 Å². The van der Waals surface area contributed by atoms with Gasteiger partial charge in [-0.15, -0.1) is 0 Å². The maximum Gasteiger partial charge on any atom is 0.240 e. The third-order valence-corrected chi connectivity index (χ3v) is 5.29. The molecule has 0 unspecified atom stereocenters. The maximum absolute atomic E-state index is 12.4. The van der Waals surface area contributed by atoms with Crippen LogP contribution in [0.3, 0.4) is 0 Å². The Morgan fingerprint density at radius 1 is 1.09 bits per heavy atom. The molecule has 0 fully saturated rings. The molecular formula is C17H20ClNO2S. The normalized spacial score (nSPS) is 12.4. The minimum absolute atomic E-state index is 0.278. The molecule has 3 nitrogen and oxygen atoms in total. The van der Waals surface area contributed by atoms with Gasteiger partial charge in [0, 0.05) is 17.0 Å². The predicted octanol–water partition coefficient (Wildman–Crippen LogP) is 3.90. The Labute approximate surface area is 137 Å².